The second kappa shape index (κ2) is 9.26. The zero-order valence-electron chi connectivity index (χ0n) is 12.2. The largest absolute Gasteiger partial charge is 0.492 e. The summed E-state index contributed by atoms with van der Waals surface area (Å²) in [5.41, 5.74) is 0.707. The van der Waals surface area contributed by atoms with Crippen LogP contribution < -0.4 is 4.74 Å². The van der Waals surface area contributed by atoms with Gasteiger partial charge in [-0.3, -0.25) is 4.90 Å². The van der Waals surface area contributed by atoms with Crippen molar-refractivity contribution >= 4 is 41.6 Å². The van der Waals surface area contributed by atoms with E-state index in [-0.39, 0.29) is 18.4 Å². The zero-order valence-corrected chi connectivity index (χ0v) is 14.5. The molecule has 22 heavy (non-hydrogen) atoms. The Morgan fingerprint density at radius 2 is 2.09 bits per heavy atom. The van der Waals surface area contributed by atoms with E-state index in [1.807, 2.05) is 6.08 Å². The monoisotopic (exact) mass is 365 g/mol. The standard InChI is InChI=1S/C15H17Cl2NO3.ClH/c1-20-15(19)11-3-2-6-18(10-11)7-8-21-12-4-5-13(16)14(17)9-12;/h3-5,9H,2,6-8,10H2,1H3;1H. The predicted octanol–water partition coefficient (Wildman–Crippen LogP) is 3.60. The third kappa shape index (κ3) is 5.36. The van der Waals surface area contributed by atoms with Gasteiger partial charge in [0.25, 0.3) is 0 Å². The van der Waals surface area contributed by atoms with Crippen molar-refractivity contribution in [2.45, 2.75) is 6.42 Å². The van der Waals surface area contributed by atoms with Crippen LogP contribution in [0, 0.1) is 0 Å². The summed E-state index contributed by atoms with van der Waals surface area (Å²) in [5.74, 6) is 0.426. The van der Waals surface area contributed by atoms with Crippen LogP contribution in [0.15, 0.2) is 29.8 Å². The maximum absolute atomic E-state index is 11.5. The molecule has 0 N–H and O–H groups in total. The molecule has 0 saturated heterocycles. The van der Waals surface area contributed by atoms with Gasteiger partial charge in [0.2, 0.25) is 0 Å². The molecule has 0 saturated carbocycles. The van der Waals surface area contributed by atoms with Crippen molar-refractivity contribution in [1.82, 2.24) is 4.90 Å². The summed E-state index contributed by atoms with van der Waals surface area (Å²) >= 11 is 11.8. The molecule has 0 spiro atoms. The van der Waals surface area contributed by atoms with E-state index in [4.69, 9.17) is 32.7 Å². The summed E-state index contributed by atoms with van der Waals surface area (Å²) in [4.78, 5) is 13.7. The number of halogens is 3. The molecule has 7 heteroatoms. The van der Waals surface area contributed by atoms with E-state index in [2.05, 4.69) is 4.90 Å². The summed E-state index contributed by atoms with van der Waals surface area (Å²) in [5, 5.41) is 0.982. The van der Waals surface area contributed by atoms with Crippen LogP contribution in [0.5, 0.6) is 5.75 Å². The highest BCUT2D eigenvalue weighted by Gasteiger charge is 2.18. The number of methoxy groups -OCH3 is 1. The van der Waals surface area contributed by atoms with Gasteiger partial charge in [-0.1, -0.05) is 29.3 Å². The van der Waals surface area contributed by atoms with E-state index in [1.165, 1.54) is 7.11 Å². The number of hydrogen-bond acceptors (Lipinski definition) is 4. The van der Waals surface area contributed by atoms with Crippen molar-refractivity contribution in [3.05, 3.63) is 39.9 Å². The summed E-state index contributed by atoms with van der Waals surface area (Å²) in [7, 11) is 1.40. The molecule has 0 amide bonds. The van der Waals surface area contributed by atoms with Crippen LogP contribution in [0.4, 0.5) is 0 Å². The highest BCUT2D eigenvalue weighted by atomic mass is 35.5. The maximum Gasteiger partial charge on any atom is 0.334 e. The molecule has 1 aromatic rings. The lowest BCUT2D eigenvalue weighted by Crippen LogP contribution is -2.35. The molecule has 1 aromatic carbocycles. The first-order chi connectivity index (χ1) is 10.1. The third-order valence-electron chi connectivity index (χ3n) is 3.24. The minimum Gasteiger partial charge on any atom is -0.492 e. The van der Waals surface area contributed by atoms with Gasteiger partial charge in [0.1, 0.15) is 12.4 Å². The molecule has 0 unspecified atom stereocenters. The Hall–Kier alpha value is -0.940. The van der Waals surface area contributed by atoms with Crippen LogP contribution in [0.25, 0.3) is 0 Å². The molecule has 1 heterocycles. The first-order valence-corrected chi connectivity index (χ1v) is 7.43. The van der Waals surface area contributed by atoms with Gasteiger partial charge in [0.15, 0.2) is 0 Å². The van der Waals surface area contributed by atoms with E-state index in [0.29, 0.717) is 34.5 Å². The molecule has 1 aliphatic heterocycles. The van der Waals surface area contributed by atoms with Crippen molar-refractivity contribution in [1.29, 1.82) is 0 Å². The number of esters is 1. The Kier molecular flexibility index (Phi) is 8.04. The number of ether oxygens (including phenoxy) is 2. The van der Waals surface area contributed by atoms with Crippen molar-refractivity contribution in [3.63, 3.8) is 0 Å². The van der Waals surface area contributed by atoms with Crippen LogP contribution >= 0.6 is 35.6 Å². The molecule has 0 radical (unpaired) electrons. The van der Waals surface area contributed by atoms with Gasteiger partial charge in [-0.15, -0.1) is 12.4 Å². The second-order valence-electron chi connectivity index (χ2n) is 4.71. The average molecular weight is 367 g/mol. The van der Waals surface area contributed by atoms with Crippen LogP contribution in [0.2, 0.25) is 10.0 Å². The molecule has 0 aromatic heterocycles. The fourth-order valence-corrected chi connectivity index (χ4v) is 2.42. The SMILES string of the molecule is COC(=O)C1=CCCN(CCOc2ccc(Cl)c(Cl)c2)C1.Cl. The Morgan fingerprint density at radius 1 is 1.32 bits per heavy atom. The van der Waals surface area contributed by atoms with Crippen LogP contribution in [0.3, 0.4) is 0 Å². The zero-order chi connectivity index (χ0) is 15.2. The van der Waals surface area contributed by atoms with Crippen molar-refractivity contribution in [3.8, 4) is 5.75 Å². The van der Waals surface area contributed by atoms with E-state index in [9.17, 15) is 4.79 Å². The molecular weight excluding hydrogens is 349 g/mol. The fourth-order valence-electron chi connectivity index (χ4n) is 2.13. The third-order valence-corrected chi connectivity index (χ3v) is 3.98. The fraction of sp³-hybridized carbons (Fsp3) is 0.400. The average Bonchev–Trinajstić information content (AvgIpc) is 2.50. The predicted molar refractivity (Wildman–Crippen MR) is 90.4 cm³/mol. The number of benzene rings is 1. The van der Waals surface area contributed by atoms with Crippen molar-refractivity contribution in [2.24, 2.45) is 0 Å². The van der Waals surface area contributed by atoms with Gasteiger partial charge in [-0.2, -0.15) is 0 Å². The second-order valence-corrected chi connectivity index (χ2v) is 5.52. The Balaban J connectivity index is 0.00000242. The number of carbonyl (C=O) groups is 1. The summed E-state index contributed by atoms with van der Waals surface area (Å²) in [6, 6.07) is 5.18. The lowest BCUT2D eigenvalue weighted by atomic mass is 10.1. The van der Waals surface area contributed by atoms with E-state index in [0.717, 1.165) is 19.5 Å². The molecule has 0 fully saturated rings. The van der Waals surface area contributed by atoms with Crippen LogP contribution in [-0.4, -0.2) is 44.2 Å². The quantitative estimate of drug-likeness (QED) is 0.746. The summed E-state index contributed by atoms with van der Waals surface area (Å²) in [6.07, 6.45) is 2.78. The minimum absolute atomic E-state index is 0. The Bertz CT molecular complexity index is 549. The molecule has 0 bridgehead atoms. The first kappa shape index (κ1) is 19.1. The maximum atomic E-state index is 11.5. The van der Waals surface area contributed by atoms with E-state index >= 15 is 0 Å². The Labute approximate surface area is 146 Å². The normalized spacial score (nSPS) is 14.8. The number of nitrogens with zero attached hydrogens (tertiary/aromatic N) is 1. The van der Waals surface area contributed by atoms with Crippen molar-refractivity contribution in [2.75, 3.05) is 33.4 Å². The molecule has 4 nitrogen and oxygen atoms in total. The van der Waals surface area contributed by atoms with Gasteiger partial charge in [0, 0.05) is 31.3 Å². The van der Waals surface area contributed by atoms with E-state index < -0.39 is 0 Å². The number of rotatable bonds is 5. The topological polar surface area (TPSA) is 38.8 Å². The van der Waals surface area contributed by atoms with Crippen LogP contribution in [0.1, 0.15) is 6.42 Å². The molecule has 0 aliphatic carbocycles. The number of hydrogen-bond donors (Lipinski definition) is 0. The van der Waals surface area contributed by atoms with Gasteiger partial charge in [-0.05, 0) is 18.6 Å². The van der Waals surface area contributed by atoms with Gasteiger partial charge in [0.05, 0.1) is 17.2 Å². The molecule has 0 atom stereocenters. The number of carbonyl (C=O) groups excluding carboxylic acids is 1. The minimum atomic E-state index is -0.259. The molecular formula is C15H18Cl3NO3. The highest BCUT2D eigenvalue weighted by molar-refractivity contribution is 6.42. The molecule has 2 rings (SSSR count). The lowest BCUT2D eigenvalue weighted by Gasteiger charge is -2.26. The van der Waals surface area contributed by atoms with Gasteiger partial charge < -0.3 is 9.47 Å². The molecule has 1 aliphatic rings. The smallest absolute Gasteiger partial charge is 0.334 e. The Morgan fingerprint density at radius 3 is 2.77 bits per heavy atom. The lowest BCUT2D eigenvalue weighted by molar-refractivity contribution is -0.136. The first-order valence-electron chi connectivity index (χ1n) is 6.67. The summed E-state index contributed by atoms with van der Waals surface area (Å²) < 4.78 is 10.4. The highest BCUT2D eigenvalue weighted by Crippen LogP contribution is 2.26. The molecule has 122 valence electrons. The van der Waals surface area contributed by atoms with Crippen molar-refractivity contribution < 1.29 is 14.3 Å². The summed E-state index contributed by atoms with van der Waals surface area (Å²) in [6.45, 7) is 2.75. The van der Waals surface area contributed by atoms with Gasteiger partial charge >= 0.3 is 5.97 Å². The van der Waals surface area contributed by atoms with Gasteiger partial charge in [-0.25, -0.2) is 4.79 Å². The van der Waals surface area contributed by atoms with Crippen LogP contribution in [-0.2, 0) is 9.53 Å². The van der Waals surface area contributed by atoms with E-state index in [1.54, 1.807) is 18.2 Å².